The molecule has 0 aromatic carbocycles. The number of methoxy groups -OCH3 is 1. The van der Waals surface area contributed by atoms with Crippen LogP contribution in [0.4, 0.5) is 0 Å². The molecule has 17 heavy (non-hydrogen) atoms. The van der Waals surface area contributed by atoms with Crippen molar-refractivity contribution in [2.75, 3.05) is 7.11 Å². The van der Waals surface area contributed by atoms with Crippen LogP contribution in [-0.4, -0.2) is 29.3 Å². The number of carboxylic acids is 2. The summed E-state index contributed by atoms with van der Waals surface area (Å²) in [5.74, 6) is -2.42. The fourth-order valence-corrected chi connectivity index (χ4v) is 1.66. The highest BCUT2D eigenvalue weighted by molar-refractivity contribution is 5.72. The van der Waals surface area contributed by atoms with Crippen molar-refractivity contribution in [1.82, 2.24) is 0 Å². The predicted molar refractivity (Wildman–Crippen MR) is 56.7 cm³/mol. The Bertz CT molecular complexity index is 378. The number of aliphatic carboxylic acids is 2. The normalized spacial score (nSPS) is 10.7. The van der Waals surface area contributed by atoms with Crippen LogP contribution < -0.4 is 0 Å². The molecule has 0 atom stereocenters. The van der Waals surface area contributed by atoms with Crippen LogP contribution in [0, 0.1) is 0 Å². The number of rotatable bonds is 7. The highest BCUT2D eigenvalue weighted by atomic mass is 16.5. The van der Waals surface area contributed by atoms with Crippen molar-refractivity contribution in [3.8, 4) is 0 Å². The van der Waals surface area contributed by atoms with Gasteiger partial charge in [-0.25, -0.2) is 0 Å². The summed E-state index contributed by atoms with van der Waals surface area (Å²) in [6.07, 6.45) is 0.841. The third-order valence-electron chi connectivity index (χ3n) is 2.29. The minimum atomic E-state index is -1.06. The SMILES string of the molecule is COCc1ccoc1C(CC(=O)O)CC(=O)O. The van der Waals surface area contributed by atoms with E-state index >= 15 is 0 Å². The molecule has 0 radical (unpaired) electrons. The summed E-state index contributed by atoms with van der Waals surface area (Å²) >= 11 is 0. The average molecular weight is 242 g/mol. The Morgan fingerprint density at radius 1 is 1.35 bits per heavy atom. The summed E-state index contributed by atoms with van der Waals surface area (Å²) in [6.45, 7) is 0.265. The van der Waals surface area contributed by atoms with Crippen molar-refractivity contribution in [3.63, 3.8) is 0 Å². The van der Waals surface area contributed by atoms with Crippen LogP contribution in [0.3, 0.4) is 0 Å². The quantitative estimate of drug-likeness (QED) is 0.751. The predicted octanol–water partition coefficient (Wildman–Crippen LogP) is 1.46. The average Bonchev–Trinajstić information content (AvgIpc) is 2.64. The fraction of sp³-hybridized carbons (Fsp3) is 0.455. The summed E-state index contributed by atoms with van der Waals surface area (Å²) in [6, 6.07) is 1.65. The molecular weight excluding hydrogens is 228 g/mol. The van der Waals surface area contributed by atoms with E-state index in [1.165, 1.54) is 13.4 Å². The lowest BCUT2D eigenvalue weighted by molar-refractivity contribution is -0.139. The summed E-state index contributed by atoms with van der Waals surface area (Å²) in [7, 11) is 1.50. The lowest BCUT2D eigenvalue weighted by atomic mass is 9.96. The van der Waals surface area contributed by atoms with E-state index in [1.807, 2.05) is 0 Å². The third-order valence-corrected chi connectivity index (χ3v) is 2.29. The van der Waals surface area contributed by atoms with Crippen molar-refractivity contribution in [1.29, 1.82) is 0 Å². The molecular formula is C11H14O6. The van der Waals surface area contributed by atoms with Gasteiger partial charge in [-0.05, 0) is 6.07 Å². The van der Waals surface area contributed by atoms with Crippen molar-refractivity contribution in [3.05, 3.63) is 23.7 Å². The molecule has 1 aromatic heterocycles. The summed E-state index contributed by atoms with van der Waals surface area (Å²) in [5, 5.41) is 17.5. The van der Waals surface area contributed by atoms with Gasteiger partial charge in [0, 0.05) is 18.6 Å². The molecule has 0 fully saturated rings. The first-order valence-corrected chi connectivity index (χ1v) is 5.03. The zero-order valence-corrected chi connectivity index (χ0v) is 9.38. The van der Waals surface area contributed by atoms with Gasteiger partial charge in [-0.1, -0.05) is 0 Å². The minimum Gasteiger partial charge on any atom is -0.481 e. The molecule has 0 saturated carbocycles. The van der Waals surface area contributed by atoms with Gasteiger partial charge in [-0.2, -0.15) is 0 Å². The summed E-state index contributed by atoms with van der Waals surface area (Å²) < 4.78 is 10.1. The van der Waals surface area contributed by atoms with E-state index in [4.69, 9.17) is 19.4 Å². The standard InChI is InChI=1S/C11H14O6/c1-16-6-7-2-3-17-11(7)8(4-9(12)13)5-10(14)15/h2-3,8H,4-6H2,1H3,(H,12,13)(H,14,15). The number of hydrogen-bond acceptors (Lipinski definition) is 4. The topological polar surface area (TPSA) is 97.0 Å². The summed E-state index contributed by atoms with van der Waals surface area (Å²) in [5.41, 5.74) is 0.681. The van der Waals surface area contributed by atoms with Crippen molar-refractivity contribution in [2.45, 2.75) is 25.4 Å². The number of ether oxygens (including phenoxy) is 1. The molecule has 0 aliphatic rings. The highest BCUT2D eigenvalue weighted by Crippen LogP contribution is 2.28. The van der Waals surface area contributed by atoms with Gasteiger partial charge in [-0.15, -0.1) is 0 Å². The summed E-state index contributed by atoms with van der Waals surface area (Å²) in [4.78, 5) is 21.4. The maximum absolute atomic E-state index is 10.7. The van der Waals surface area contributed by atoms with Gasteiger partial charge in [0.15, 0.2) is 0 Å². The van der Waals surface area contributed by atoms with E-state index in [0.717, 1.165) is 0 Å². The van der Waals surface area contributed by atoms with E-state index in [-0.39, 0.29) is 19.4 Å². The van der Waals surface area contributed by atoms with Gasteiger partial charge >= 0.3 is 11.9 Å². The maximum Gasteiger partial charge on any atom is 0.304 e. The molecule has 0 amide bonds. The minimum absolute atomic E-state index is 0.265. The second-order valence-electron chi connectivity index (χ2n) is 3.64. The first-order chi connectivity index (χ1) is 8.04. The zero-order chi connectivity index (χ0) is 12.8. The molecule has 2 N–H and O–H groups in total. The monoisotopic (exact) mass is 242 g/mol. The van der Waals surface area contributed by atoms with Crippen LogP contribution in [-0.2, 0) is 20.9 Å². The van der Waals surface area contributed by atoms with Crippen LogP contribution in [0.5, 0.6) is 0 Å². The van der Waals surface area contributed by atoms with Crippen LogP contribution in [0.2, 0.25) is 0 Å². The Kier molecular flexibility index (Phi) is 4.71. The number of carbonyl (C=O) groups is 2. The molecule has 1 aromatic rings. The highest BCUT2D eigenvalue weighted by Gasteiger charge is 2.24. The van der Waals surface area contributed by atoms with Crippen molar-refractivity contribution in [2.24, 2.45) is 0 Å². The second-order valence-corrected chi connectivity index (χ2v) is 3.64. The van der Waals surface area contributed by atoms with E-state index in [9.17, 15) is 9.59 Å². The van der Waals surface area contributed by atoms with Gasteiger partial charge in [-0.3, -0.25) is 9.59 Å². The van der Waals surface area contributed by atoms with Crippen LogP contribution in [0.15, 0.2) is 16.7 Å². The van der Waals surface area contributed by atoms with Gasteiger partial charge in [0.1, 0.15) is 5.76 Å². The van der Waals surface area contributed by atoms with Gasteiger partial charge < -0.3 is 19.4 Å². The van der Waals surface area contributed by atoms with Crippen LogP contribution in [0.25, 0.3) is 0 Å². The number of hydrogen-bond donors (Lipinski definition) is 2. The van der Waals surface area contributed by atoms with E-state index in [1.54, 1.807) is 6.07 Å². The molecule has 0 saturated heterocycles. The van der Waals surface area contributed by atoms with Gasteiger partial charge in [0.05, 0.1) is 25.7 Å². The fourth-order valence-electron chi connectivity index (χ4n) is 1.66. The van der Waals surface area contributed by atoms with E-state index in [2.05, 4.69) is 0 Å². The molecule has 6 nitrogen and oxygen atoms in total. The number of furan rings is 1. The molecule has 0 unspecified atom stereocenters. The molecule has 1 heterocycles. The molecule has 6 heteroatoms. The Hall–Kier alpha value is -1.82. The largest absolute Gasteiger partial charge is 0.481 e. The lowest BCUT2D eigenvalue weighted by Gasteiger charge is -2.11. The van der Waals surface area contributed by atoms with Gasteiger partial charge in [0.2, 0.25) is 0 Å². The van der Waals surface area contributed by atoms with Crippen molar-refractivity contribution >= 4 is 11.9 Å². The van der Waals surface area contributed by atoms with Crippen molar-refractivity contribution < 1.29 is 29.0 Å². The molecule has 94 valence electrons. The van der Waals surface area contributed by atoms with Gasteiger partial charge in [0.25, 0.3) is 0 Å². The van der Waals surface area contributed by atoms with Crippen LogP contribution in [0.1, 0.15) is 30.1 Å². The molecule has 1 rings (SSSR count). The second kappa shape index (κ2) is 6.05. The Labute approximate surface area is 97.8 Å². The Balaban J connectivity index is 2.90. The zero-order valence-electron chi connectivity index (χ0n) is 9.38. The molecule has 0 aliphatic carbocycles. The molecule has 0 bridgehead atoms. The Morgan fingerprint density at radius 3 is 2.41 bits per heavy atom. The first kappa shape index (κ1) is 13.2. The smallest absolute Gasteiger partial charge is 0.304 e. The van der Waals surface area contributed by atoms with E-state index in [0.29, 0.717) is 11.3 Å². The van der Waals surface area contributed by atoms with E-state index < -0.39 is 17.9 Å². The first-order valence-electron chi connectivity index (χ1n) is 5.03. The number of carboxylic acid groups (broad SMARTS) is 2. The lowest BCUT2D eigenvalue weighted by Crippen LogP contribution is -2.12. The van der Waals surface area contributed by atoms with Crippen LogP contribution >= 0.6 is 0 Å². The third kappa shape index (κ3) is 3.92. The molecule has 0 aliphatic heterocycles. The maximum atomic E-state index is 10.7. The Morgan fingerprint density at radius 2 is 1.94 bits per heavy atom. The molecule has 0 spiro atoms.